The van der Waals surface area contributed by atoms with Crippen LogP contribution in [0.2, 0.25) is 0 Å². The first-order chi connectivity index (χ1) is 9.28. The van der Waals surface area contributed by atoms with Crippen molar-refractivity contribution in [3.63, 3.8) is 0 Å². The van der Waals surface area contributed by atoms with E-state index in [1.165, 1.54) is 6.07 Å². The highest BCUT2D eigenvalue weighted by atomic mass is 19.1. The van der Waals surface area contributed by atoms with Crippen molar-refractivity contribution in [1.82, 2.24) is 5.32 Å². The number of halogens is 1. The van der Waals surface area contributed by atoms with Gasteiger partial charge >= 0.3 is 0 Å². The maximum atomic E-state index is 13.0. The van der Waals surface area contributed by atoms with Gasteiger partial charge in [0.1, 0.15) is 5.82 Å². The highest BCUT2D eigenvalue weighted by molar-refractivity contribution is 5.32. The summed E-state index contributed by atoms with van der Waals surface area (Å²) in [7, 11) is 0. The van der Waals surface area contributed by atoms with Crippen molar-refractivity contribution in [2.75, 3.05) is 6.54 Å². The van der Waals surface area contributed by atoms with Crippen LogP contribution in [0.5, 0.6) is 0 Å². The number of hydrogen-bond donors (Lipinski definition) is 1. The average molecular weight is 254 g/mol. The second-order valence-corrected chi connectivity index (χ2v) is 4.37. The fourth-order valence-corrected chi connectivity index (χ4v) is 1.91. The molecule has 0 radical (unpaired) electrons. The number of nitrogens with zero attached hydrogens (tertiary/aromatic N) is 1. The smallest absolute Gasteiger partial charge is 0.123 e. The topological polar surface area (TPSA) is 35.8 Å². The van der Waals surface area contributed by atoms with E-state index in [1.54, 1.807) is 18.2 Å². The van der Waals surface area contributed by atoms with Crippen LogP contribution in [0.15, 0.2) is 48.5 Å². The van der Waals surface area contributed by atoms with E-state index >= 15 is 0 Å². The van der Waals surface area contributed by atoms with Gasteiger partial charge in [0.2, 0.25) is 0 Å². The maximum Gasteiger partial charge on any atom is 0.123 e. The Morgan fingerprint density at radius 2 is 1.84 bits per heavy atom. The first-order valence-corrected chi connectivity index (χ1v) is 6.22. The summed E-state index contributed by atoms with van der Waals surface area (Å²) in [6.07, 6.45) is 0.787. The van der Waals surface area contributed by atoms with Gasteiger partial charge in [-0.15, -0.1) is 0 Å². The molecule has 0 aliphatic heterocycles. The van der Waals surface area contributed by atoms with Crippen LogP contribution in [0.1, 0.15) is 16.7 Å². The zero-order valence-corrected chi connectivity index (χ0v) is 10.6. The lowest BCUT2D eigenvalue weighted by atomic mass is 10.1. The molecule has 0 fully saturated rings. The summed E-state index contributed by atoms with van der Waals surface area (Å²) < 4.78 is 13.0. The molecule has 0 unspecified atom stereocenters. The van der Waals surface area contributed by atoms with Gasteiger partial charge in [-0.1, -0.05) is 24.3 Å². The predicted molar refractivity (Wildman–Crippen MR) is 73.0 cm³/mol. The lowest BCUT2D eigenvalue weighted by Gasteiger charge is -2.05. The Morgan fingerprint density at radius 3 is 2.63 bits per heavy atom. The van der Waals surface area contributed by atoms with E-state index in [0.29, 0.717) is 12.1 Å². The molecule has 0 heterocycles. The quantitative estimate of drug-likeness (QED) is 0.832. The average Bonchev–Trinajstić information content (AvgIpc) is 2.44. The van der Waals surface area contributed by atoms with E-state index in [1.807, 2.05) is 24.3 Å². The third-order valence-corrected chi connectivity index (χ3v) is 2.86. The zero-order chi connectivity index (χ0) is 13.5. The van der Waals surface area contributed by atoms with E-state index in [4.69, 9.17) is 5.26 Å². The van der Waals surface area contributed by atoms with Gasteiger partial charge in [0.15, 0.2) is 0 Å². The molecule has 3 heteroatoms. The van der Waals surface area contributed by atoms with E-state index < -0.39 is 0 Å². The van der Waals surface area contributed by atoms with Crippen LogP contribution in [0.25, 0.3) is 0 Å². The monoisotopic (exact) mass is 254 g/mol. The van der Waals surface area contributed by atoms with E-state index in [2.05, 4.69) is 11.4 Å². The minimum absolute atomic E-state index is 0.195. The van der Waals surface area contributed by atoms with Crippen LogP contribution in [0.4, 0.5) is 4.39 Å². The van der Waals surface area contributed by atoms with Crippen molar-refractivity contribution in [3.8, 4) is 6.07 Å². The Hall–Kier alpha value is -2.18. The molecule has 0 bridgehead atoms. The minimum Gasteiger partial charge on any atom is -0.312 e. The fraction of sp³-hybridized carbons (Fsp3) is 0.188. The largest absolute Gasteiger partial charge is 0.312 e. The van der Waals surface area contributed by atoms with Crippen LogP contribution in [0.3, 0.4) is 0 Å². The van der Waals surface area contributed by atoms with Crippen molar-refractivity contribution in [3.05, 3.63) is 71.0 Å². The molecule has 2 aromatic rings. The summed E-state index contributed by atoms with van der Waals surface area (Å²) in [4.78, 5) is 0. The van der Waals surface area contributed by atoms with Gasteiger partial charge in [-0.2, -0.15) is 5.26 Å². The molecule has 0 amide bonds. The van der Waals surface area contributed by atoms with E-state index in [-0.39, 0.29) is 5.82 Å². The summed E-state index contributed by atoms with van der Waals surface area (Å²) >= 11 is 0. The van der Waals surface area contributed by atoms with Gasteiger partial charge in [-0.25, -0.2) is 4.39 Å². The van der Waals surface area contributed by atoms with Gasteiger partial charge in [-0.3, -0.25) is 0 Å². The Morgan fingerprint density at radius 1 is 1.05 bits per heavy atom. The lowest BCUT2D eigenvalue weighted by Crippen LogP contribution is -2.16. The Balaban J connectivity index is 1.79. The molecule has 1 N–H and O–H groups in total. The third-order valence-electron chi connectivity index (χ3n) is 2.86. The van der Waals surface area contributed by atoms with Gasteiger partial charge in [-0.05, 0) is 48.4 Å². The van der Waals surface area contributed by atoms with Crippen molar-refractivity contribution in [2.24, 2.45) is 0 Å². The lowest BCUT2D eigenvalue weighted by molar-refractivity contribution is 0.622. The molecule has 0 saturated carbocycles. The molecule has 0 aliphatic rings. The molecular formula is C16H15FN2. The first kappa shape index (κ1) is 13.3. The molecule has 19 heavy (non-hydrogen) atoms. The van der Waals surface area contributed by atoms with Gasteiger partial charge in [0.05, 0.1) is 11.6 Å². The number of nitriles is 1. The summed E-state index contributed by atoms with van der Waals surface area (Å²) in [6.45, 7) is 1.49. The zero-order valence-electron chi connectivity index (χ0n) is 10.6. The predicted octanol–water partition coefficient (Wildman–Crippen LogP) is 3.03. The molecule has 0 saturated heterocycles. The van der Waals surface area contributed by atoms with Gasteiger partial charge in [0.25, 0.3) is 0 Å². The summed E-state index contributed by atoms with van der Waals surface area (Å²) in [5, 5.41) is 12.1. The molecule has 2 aromatic carbocycles. The molecule has 0 aromatic heterocycles. The summed E-state index contributed by atoms with van der Waals surface area (Å²) in [6, 6.07) is 16.3. The van der Waals surface area contributed by atoms with Crippen LogP contribution in [-0.2, 0) is 13.0 Å². The van der Waals surface area contributed by atoms with Crippen molar-refractivity contribution >= 4 is 0 Å². The van der Waals surface area contributed by atoms with Crippen molar-refractivity contribution in [2.45, 2.75) is 13.0 Å². The molecule has 0 atom stereocenters. The first-order valence-electron chi connectivity index (χ1n) is 6.22. The number of hydrogen-bond acceptors (Lipinski definition) is 2. The fourth-order valence-electron chi connectivity index (χ4n) is 1.91. The van der Waals surface area contributed by atoms with Crippen LogP contribution >= 0.6 is 0 Å². The van der Waals surface area contributed by atoms with Gasteiger partial charge < -0.3 is 5.32 Å². The van der Waals surface area contributed by atoms with Gasteiger partial charge in [0, 0.05) is 6.54 Å². The van der Waals surface area contributed by atoms with Crippen LogP contribution in [-0.4, -0.2) is 6.54 Å². The summed E-state index contributed by atoms with van der Waals surface area (Å²) in [5.74, 6) is -0.195. The van der Waals surface area contributed by atoms with Crippen LogP contribution < -0.4 is 5.32 Å². The molecule has 2 nitrogen and oxygen atoms in total. The normalized spacial score (nSPS) is 10.1. The number of rotatable bonds is 5. The molecule has 0 spiro atoms. The third kappa shape index (κ3) is 4.20. The minimum atomic E-state index is -0.195. The molecular weight excluding hydrogens is 239 g/mol. The SMILES string of the molecule is N#Cc1cccc(CNCCc2cccc(F)c2)c1. The summed E-state index contributed by atoms with van der Waals surface area (Å²) in [5.41, 5.74) is 2.74. The highest BCUT2D eigenvalue weighted by Crippen LogP contribution is 2.05. The van der Waals surface area contributed by atoms with E-state index in [9.17, 15) is 4.39 Å². The molecule has 2 rings (SSSR count). The number of nitrogens with one attached hydrogen (secondary N) is 1. The van der Waals surface area contributed by atoms with Crippen molar-refractivity contribution in [1.29, 1.82) is 5.26 Å². The Labute approximate surface area is 112 Å². The highest BCUT2D eigenvalue weighted by Gasteiger charge is 1.97. The second kappa shape index (κ2) is 6.67. The molecule has 0 aliphatic carbocycles. The second-order valence-electron chi connectivity index (χ2n) is 4.37. The van der Waals surface area contributed by atoms with Crippen molar-refractivity contribution < 1.29 is 4.39 Å². The molecule has 96 valence electrons. The van der Waals surface area contributed by atoms with E-state index in [0.717, 1.165) is 24.1 Å². The maximum absolute atomic E-state index is 13.0. The standard InChI is InChI=1S/C16H15FN2/c17-16-6-2-3-13(10-16)7-8-19-12-15-5-1-4-14(9-15)11-18/h1-6,9-10,19H,7-8,12H2. The Kier molecular flexibility index (Phi) is 4.66. The Bertz CT molecular complexity index is 587. The van der Waals surface area contributed by atoms with Crippen LogP contribution in [0, 0.1) is 17.1 Å². The number of benzene rings is 2.